The van der Waals surface area contributed by atoms with Gasteiger partial charge in [0.05, 0.1) is 4.47 Å². The van der Waals surface area contributed by atoms with Crippen LogP contribution in [0.4, 0.5) is 4.39 Å². The Bertz CT molecular complexity index is 445. The van der Waals surface area contributed by atoms with Crippen LogP contribution in [-0.4, -0.2) is 31.3 Å². The Hall–Kier alpha value is -1.14. The number of halogens is 2. The fourth-order valence-electron chi connectivity index (χ4n) is 1.24. The van der Waals surface area contributed by atoms with Gasteiger partial charge in [-0.15, -0.1) is 0 Å². The molecule has 0 amide bonds. The van der Waals surface area contributed by atoms with Crippen LogP contribution in [-0.2, 0) is 9.53 Å². The van der Waals surface area contributed by atoms with E-state index in [2.05, 4.69) is 26.0 Å². The van der Waals surface area contributed by atoms with Crippen molar-refractivity contribution < 1.29 is 18.7 Å². The fraction of sp³-hybridized carbons (Fsp3) is 0.500. The van der Waals surface area contributed by atoms with E-state index >= 15 is 0 Å². The van der Waals surface area contributed by atoms with Gasteiger partial charge in [-0.25, -0.2) is 4.39 Å². The summed E-state index contributed by atoms with van der Waals surface area (Å²) in [6.07, 6.45) is 0.179. The molecule has 1 aliphatic rings. The first kappa shape index (κ1) is 16.9. The minimum Gasteiger partial charge on any atom is -0.486 e. The summed E-state index contributed by atoms with van der Waals surface area (Å²) in [5, 5.41) is 3.08. The molecule has 0 spiro atoms. The Kier molecular flexibility index (Phi) is 6.42. The van der Waals surface area contributed by atoms with E-state index in [9.17, 15) is 9.18 Å². The van der Waals surface area contributed by atoms with Crippen LogP contribution in [0.3, 0.4) is 0 Å². The maximum absolute atomic E-state index is 12.8. The summed E-state index contributed by atoms with van der Waals surface area (Å²) in [4.78, 5) is 9.60. The van der Waals surface area contributed by atoms with E-state index in [1.54, 1.807) is 6.07 Å². The smallest absolute Gasteiger partial charge is 0.293 e. The molecule has 1 aliphatic heterocycles. The van der Waals surface area contributed by atoms with Crippen LogP contribution >= 0.6 is 15.9 Å². The lowest BCUT2D eigenvalue weighted by atomic mass is 10.2. The number of hydrogen-bond donors (Lipinski definition) is 1. The van der Waals surface area contributed by atoms with Crippen molar-refractivity contribution in [1.82, 2.24) is 5.32 Å². The zero-order chi connectivity index (χ0) is 15.2. The number of rotatable bonds is 3. The van der Waals surface area contributed by atoms with E-state index in [1.807, 2.05) is 20.8 Å². The molecule has 0 saturated carbocycles. The Morgan fingerprint density at radius 3 is 2.45 bits per heavy atom. The molecule has 0 unspecified atom stereocenters. The topological polar surface area (TPSA) is 47.6 Å². The van der Waals surface area contributed by atoms with E-state index in [-0.39, 0.29) is 17.5 Å². The number of carbonyl (C=O) groups excluding carboxylic acids is 1. The third kappa shape index (κ3) is 6.34. The normalized spacial score (nSPS) is 14.7. The Labute approximate surface area is 126 Å². The molecule has 1 aromatic rings. The minimum atomic E-state index is -0.318. The van der Waals surface area contributed by atoms with Gasteiger partial charge in [0, 0.05) is 19.2 Å². The van der Waals surface area contributed by atoms with Gasteiger partial charge in [0.1, 0.15) is 23.3 Å². The molecule has 2 rings (SSSR count). The zero-order valence-corrected chi connectivity index (χ0v) is 13.4. The molecule has 1 aromatic carbocycles. The van der Waals surface area contributed by atoms with Crippen molar-refractivity contribution in [2.75, 3.05) is 13.1 Å². The standard InChI is InChI=1S/C9H9BrFNO.C5H10O2/c10-8-2-1-6(11)3-9(8)13-7-4-12-5-7;1-5(2,3)7-4-6/h1-3,7,12H,4-5H2;4H,1-3H3. The third-order valence-corrected chi connectivity index (χ3v) is 2.99. The lowest BCUT2D eigenvalue weighted by Gasteiger charge is -2.28. The predicted molar refractivity (Wildman–Crippen MR) is 78.3 cm³/mol. The van der Waals surface area contributed by atoms with Gasteiger partial charge < -0.3 is 14.8 Å². The lowest BCUT2D eigenvalue weighted by molar-refractivity contribution is -0.138. The van der Waals surface area contributed by atoms with Crippen LogP contribution in [0.1, 0.15) is 20.8 Å². The SMILES string of the molecule is CC(C)(C)OC=O.Fc1ccc(Br)c(OC2CNC2)c1. The second kappa shape index (κ2) is 7.59. The van der Waals surface area contributed by atoms with Crippen molar-refractivity contribution in [1.29, 1.82) is 0 Å². The summed E-state index contributed by atoms with van der Waals surface area (Å²) in [6.45, 7) is 7.59. The summed E-state index contributed by atoms with van der Waals surface area (Å²) in [5.74, 6) is 0.303. The summed E-state index contributed by atoms with van der Waals surface area (Å²) >= 11 is 3.30. The third-order valence-electron chi connectivity index (χ3n) is 2.33. The van der Waals surface area contributed by atoms with Gasteiger partial charge in [0.15, 0.2) is 0 Å². The quantitative estimate of drug-likeness (QED) is 0.854. The number of nitrogens with one attached hydrogen (secondary N) is 1. The molecule has 0 bridgehead atoms. The summed E-state index contributed by atoms with van der Waals surface area (Å²) < 4.78 is 23.7. The number of hydrogen-bond acceptors (Lipinski definition) is 4. The summed E-state index contributed by atoms with van der Waals surface area (Å²) in [5.41, 5.74) is -0.318. The average molecular weight is 348 g/mol. The van der Waals surface area contributed by atoms with E-state index in [4.69, 9.17) is 4.74 Å². The Morgan fingerprint density at radius 2 is 2.05 bits per heavy atom. The highest BCUT2D eigenvalue weighted by atomic mass is 79.9. The fourth-order valence-corrected chi connectivity index (χ4v) is 1.58. The number of benzene rings is 1. The molecule has 20 heavy (non-hydrogen) atoms. The highest BCUT2D eigenvalue weighted by molar-refractivity contribution is 9.10. The monoisotopic (exact) mass is 347 g/mol. The van der Waals surface area contributed by atoms with Crippen molar-refractivity contribution in [3.8, 4) is 5.75 Å². The van der Waals surface area contributed by atoms with Gasteiger partial charge in [-0.1, -0.05) is 0 Å². The molecule has 4 nitrogen and oxygen atoms in total. The molecule has 0 radical (unpaired) electrons. The molecular formula is C14H19BrFNO3. The second-order valence-corrected chi connectivity index (χ2v) is 6.15. The maximum atomic E-state index is 12.8. The van der Waals surface area contributed by atoms with Crippen LogP contribution in [0, 0.1) is 5.82 Å². The van der Waals surface area contributed by atoms with Crippen molar-refractivity contribution in [3.05, 3.63) is 28.5 Å². The van der Waals surface area contributed by atoms with Gasteiger partial charge in [-0.3, -0.25) is 4.79 Å². The highest BCUT2D eigenvalue weighted by Gasteiger charge is 2.19. The molecule has 1 saturated heterocycles. The Morgan fingerprint density at radius 1 is 1.40 bits per heavy atom. The first-order chi connectivity index (χ1) is 9.31. The summed E-state index contributed by atoms with van der Waals surface area (Å²) in [7, 11) is 0. The molecule has 1 heterocycles. The van der Waals surface area contributed by atoms with Gasteiger partial charge in [0.25, 0.3) is 6.47 Å². The zero-order valence-electron chi connectivity index (χ0n) is 11.8. The van der Waals surface area contributed by atoms with Crippen LogP contribution in [0.2, 0.25) is 0 Å². The molecular weight excluding hydrogens is 329 g/mol. The number of ether oxygens (including phenoxy) is 2. The van der Waals surface area contributed by atoms with E-state index in [1.165, 1.54) is 12.1 Å². The lowest BCUT2D eigenvalue weighted by Crippen LogP contribution is -2.50. The van der Waals surface area contributed by atoms with Crippen LogP contribution in [0.5, 0.6) is 5.75 Å². The first-order valence-electron chi connectivity index (χ1n) is 6.25. The largest absolute Gasteiger partial charge is 0.486 e. The van der Waals surface area contributed by atoms with Crippen molar-refractivity contribution in [2.45, 2.75) is 32.5 Å². The molecule has 1 N–H and O–H groups in total. The maximum Gasteiger partial charge on any atom is 0.293 e. The van der Waals surface area contributed by atoms with Gasteiger partial charge in [-0.2, -0.15) is 0 Å². The second-order valence-electron chi connectivity index (χ2n) is 5.30. The minimum absolute atomic E-state index is 0.179. The Balaban J connectivity index is 0.000000246. The molecule has 0 aliphatic carbocycles. The average Bonchev–Trinajstić information content (AvgIpc) is 2.27. The van der Waals surface area contributed by atoms with Crippen LogP contribution in [0.15, 0.2) is 22.7 Å². The van der Waals surface area contributed by atoms with Gasteiger partial charge >= 0.3 is 0 Å². The first-order valence-corrected chi connectivity index (χ1v) is 7.05. The number of carbonyl (C=O) groups is 1. The molecule has 112 valence electrons. The van der Waals surface area contributed by atoms with Crippen molar-refractivity contribution in [2.24, 2.45) is 0 Å². The molecule has 1 fully saturated rings. The van der Waals surface area contributed by atoms with Crippen LogP contribution < -0.4 is 10.1 Å². The molecule has 0 aromatic heterocycles. The van der Waals surface area contributed by atoms with Crippen LogP contribution in [0.25, 0.3) is 0 Å². The van der Waals surface area contributed by atoms with E-state index in [0.29, 0.717) is 12.2 Å². The van der Waals surface area contributed by atoms with Crippen molar-refractivity contribution in [3.63, 3.8) is 0 Å². The van der Waals surface area contributed by atoms with Crippen molar-refractivity contribution >= 4 is 22.4 Å². The van der Waals surface area contributed by atoms with E-state index in [0.717, 1.165) is 17.6 Å². The summed E-state index contributed by atoms with van der Waals surface area (Å²) in [6, 6.07) is 4.44. The molecule has 0 atom stereocenters. The van der Waals surface area contributed by atoms with E-state index < -0.39 is 0 Å². The highest BCUT2D eigenvalue weighted by Crippen LogP contribution is 2.26. The predicted octanol–water partition coefficient (Wildman–Crippen LogP) is 2.90. The van der Waals surface area contributed by atoms with Gasteiger partial charge in [-0.05, 0) is 48.8 Å². The van der Waals surface area contributed by atoms with Gasteiger partial charge in [0.2, 0.25) is 0 Å². The molecule has 6 heteroatoms.